The molecular weight excluding hydrogens is 446 g/mol. The topological polar surface area (TPSA) is 128 Å². The third-order valence-corrected chi connectivity index (χ3v) is 6.35. The maximum Gasteiger partial charge on any atom is 0.269 e. The molecule has 0 spiro atoms. The smallest absolute Gasteiger partial charge is 0.269 e. The lowest BCUT2D eigenvalue weighted by Crippen LogP contribution is -2.27. The van der Waals surface area contributed by atoms with Crippen LogP contribution in [0.5, 0.6) is 5.75 Å². The second-order valence-corrected chi connectivity index (χ2v) is 9.04. The van der Waals surface area contributed by atoms with Crippen LogP contribution in [0.15, 0.2) is 71.6 Å². The molecule has 0 aliphatic heterocycles. The van der Waals surface area contributed by atoms with Crippen LogP contribution in [0.1, 0.15) is 34.5 Å². The maximum atomic E-state index is 13.0. The van der Waals surface area contributed by atoms with E-state index in [1.165, 1.54) is 43.5 Å². The summed E-state index contributed by atoms with van der Waals surface area (Å²) in [5, 5.41) is 13.7. The molecule has 3 rings (SSSR count). The number of ether oxygens (including phenoxy) is 1. The highest BCUT2D eigenvalue weighted by Crippen LogP contribution is 2.28. The van der Waals surface area contributed by atoms with Gasteiger partial charge in [0.25, 0.3) is 21.6 Å². The third-order valence-electron chi connectivity index (χ3n) is 4.95. The molecule has 2 N–H and O–H groups in total. The Morgan fingerprint density at radius 1 is 1.06 bits per heavy atom. The minimum absolute atomic E-state index is 0.0814. The predicted molar refractivity (Wildman–Crippen MR) is 124 cm³/mol. The van der Waals surface area contributed by atoms with E-state index in [9.17, 15) is 23.3 Å². The molecule has 0 aliphatic rings. The van der Waals surface area contributed by atoms with E-state index >= 15 is 0 Å². The molecule has 3 aromatic rings. The first-order valence-corrected chi connectivity index (χ1v) is 11.4. The summed E-state index contributed by atoms with van der Waals surface area (Å²) in [4.78, 5) is 23.1. The van der Waals surface area contributed by atoms with Crippen LogP contribution < -0.4 is 14.8 Å². The third kappa shape index (κ3) is 5.66. The van der Waals surface area contributed by atoms with E-state index in [2.05, 4.69) is 10.0 Å². The van der Waals surface area contributed by atoms with Crippen molar-refractivity contribution in [1.82, 2.24) is 5.32 Å². The molecule has 0 aliphatic carbocycles. The highest BCUT2D eigenvalue weighted by atomic mass is 32.2. The highest BCUT2D eigenvalue weighted by molar-refractivity contribution is 7.92. The van der Waals surface area contributed by atoms with Gasteiger partial charge in [0.15, 0.2) is 0 Å². The van der Waals surface area contributed by atoms with E-state index in [4.69, 9.17) is 4.74 Å². The van der Waals surface area contributed by atoms with Crippen molar-refractivity contribution in [3.63, 3.8) is 0 Å². The lowest BCUT2D eigenvalue weighted by Gasteiger charge is -2.16. The van der Waals surface area contributed by atoms with E-state index in [0.29, 0.717) is 11.3 Å². The van der Waals surface area contributed by atoms with Gasteiger partial charge < -0.3 is 10.1 Å². The summed E-state index contributed by atoms with van der Waals surface area (Å²) in [5.74, 6) is -0.457. The second kappa shape index (κ2) is 9.70. The number of nitro groups is 1. The molecule has 10 heteroatoms. The lowest BCUT2D eigenvalue weighted by atomic mass is 10.1. The molecule has 3 aromatic carbocycles. The van der Waals surface area contributed by atoms with Gasteiger partial charge in [-0.05, 0) is 49.7 Å². The molecule has 0 saturated heterocycles. The van der Waals surface area contributed by atoms with Crippen molar-refractivity contribution in [1.29, 1.82) is 0 Å². The number of nitrogens with one attached hydrogen (secondary N) is 2. The minimum atomic E-state index is -4.05. The van der Waals surface area contributed by atoms with Gasteiger partial charge in [-0.2, -0.15) is 0 Å². The van der Waals surface area contributed by atoms with Crippen LogP contribution in [0.2, 0.25) is 0 Å². The number of hydrogen-bond donors (Lipinski definition) is 2. The number of nitro benzene ring substituents is 1. The van der Waals surface area contributed by atoms with Gasteiger partial charge in [-0.15, -0.1) is 0 Å². The molecule has 1 unspecified atom stereocenters. The Balaban J connectivity index is 1.86. The minimum Gasteiger partial charge on any atom is -0.495 e. The Kier molecular flexibility index (Phi) is 6.98. The van der Waals surface area contributed by atoms with Gasteiger partial charge in [0, 0.05) is 23.4 Å². The Labute approximate surface area is 191 Å². The van der Waals surface area contributed by atoms with Crippen molar-refractivity contribution in [2.45, 2.75) is 24.8 Å². The zero-order valence-corrected chi connectivity index (χ0v) is 19.0. The van der Waals surface area contributed by atoms with Crippen LogP contribution in [0.4, 0.5) is 11.4 Å². The Morgan fingerprint density at radius 2 is 1.76 bits per heavy atom. The lowest BCUT2D eigenvalue weighted by molar-refractivity contribution is -0.384. The summed E-state index contributed by atoms with van der Waals surface area (Å²) in [6, 6.07) is 16.3. The number of amides is 1. The number of rotatable bonds is 8. The average molecular weight is 470 g/mol. The van der Waals surface area contributed by atoms with Crippen molar-refractivity contribution in [3.05, 3.63) is 93.5 Å². The fourth-order valence-electron chi connectivity index (χ4n) is 3.13. The monoisotopic (exact) mass is 469 g/mol. The van der Waals surface area contributed by atoms with Crippen molar-refractivity contribution in [3.8, 4) is 5.75 Å². The molecule has 0 saturated carbocycles. The highest BCUT2D eigenvalue weighted by Gasteiger charge is 2.23. The number of sulfonamides is 1. The summed E-state index contributed by atoms with van der Waals surface area (Å²) in [6.07, 6.45) is 0. The number of methoxy groups -OCH3 is 1. The number of non-ortho nitro benzene ring substituents is 1. The zero-order valence-electron chi connectivity index (χ0n) is 18.2. The molecule has 0 bridgehead atoms. The first-order chi connectivity index (χ1) is 15.6. The molecule has 9 nitrogen and oxygen atoms in total. The van der Waals surface area contributed by atoms with E-state index in [1.54, 1.807) is 37.3 Å². The second-order valence-electron chi connectivity index (χ2n) is 7.38. The molecule has 0 fully saturated rings. The standard InChI is InChI=1S/C23H23N3O6S/c1-15-7-10-19(11-8-15)25-33(30,31)22-14-18(9-12-21(22)32-3)23(27)24-16(2)17-5-4-6-20(13-17)26(28)29/h4-14,16,25H,1-3H3,(H,24,27). The average Bonchev–Trinajstić information content (AvgIpc) is 2.80. The summed E-state index contributed by atoms with van der Waals surface area (Å²) in [7, 11) is -2.71. The van der Waals surface area contributed by atoms with Gasteiger partial charge in [0.2, 0.25) is 0 Å². The first kappa shape index (κ1) is 23.7. The number of benzene rings is 3. The molecule has 1 amide bonds. The van der Waals surface area contributed by atoms with Crippen molar-refractivity contribution >= 4 is 27.3 Å². The summed E-state index contributed by atoms with van der Waals surface area (Å²) < 4.78 is 33.7. The normalized spacial score (nSPS) is 12.0. The molecule has 33 heavy (non-hydrogen) atoms. The Hall–Kier alpha value is -3.92. The number of hydrogen-bond acceptors (Lipinski definition) is 6. The largest absolute Gasteiger partial charge is 0.495 e. The van der Waals surface area contributed by atoms with Crippen LogP contribution in [0, 0.1) is 17.0 Å². The quantitative estimate of drug-likeness (QED) is 0.376. The number of aryl methyl sites for hydroxylation is 1. The molecular formula is C23H23N3O6S. The van der Waals surface area contributed by atoms with E-state index in [0.717, 1.165) is 5.56 Å². The van der Waals surface area contributed by atoms with Gasteiger partial charge >= 0.3 is 0 Å². The molecule has 0 heterocycles. The Bertz CT molecular complexity index is 1290. The number of nitrogens with zero attached hydrogens (tertiary/aromatic N) is 1. The van der Waals surface area contributed by atoms with Crippen LogP contribution >= 0.6 is 0 Å². The SMILES string of the molecule is COc1ccc(C(=O)NC(C)c2cccc([N+](=O)[O-])c2)cc1S(=O)(=O)Nc1ccc(C)cc1. The predicted octanol–water partition coefficient (Wildman–Crippen LogP) is 4.20. The van der Waals surface area contributed by atoms with Crippen molar-refractivity contribution in [2.75, 3.05) is 11.8 Å². The van der Waals surface area contributed by atoms with Gasteiger partial charge in [0.05, 0.1) is 18.1 Å². The van der Waals surface area contributed by atoms with E-state index in [1.807, 2.05) is 6.92 Å². The van der Waals surface area contributed by atoms with Gasteiger partial charge in [-0.25, -0.2) is 8.42 Å². The van der Waals surface area contributed by atoms with Crippen molar-refractivity contribution < 1.29 is 22.9 Å². The number of carbonyl (C=O) groups excluding carboxylic acids is 1. The van der Waals surface area contributed by atoms with E-state index in [-0.39, 0.29) is 21.9 Å². The van der Waals surface area contributed by atoms with Crippen molar-refractivity contribution in [2.24, 2.45) is 0 Å². The molecule has 0 aromatic heterocycles. The first-order valence-electron chi connectivity index (χ1n) is 9.93. The molecule has 1 atom stereocenters. The van der Waals surface area contributed by atoms with Gasteiger partial charge in [-0.3, -0.25) is 19.6 Å². The van der Waals surface area contributed by atoms with Gasteiger partial charge in [-0.1, -0.05) is 29.8 Å². The fraction of sp³-hybridized carbons (Fsp3) is 0.174. The van der Waals surface area contributed by atoms with Crippen LogP contribution in [-0.2, 0) is 10.0 Å². The maximum absolute atomic E-state index is 13.0. The zero-order chi connectivity index (χ0) is 24.2. The summed E-state index contributed by atoms with van der Waals surface area (Å²) in [6.45, 7) is 3.56. The number of anilines is 1. The van der Waals surface area contributed by atoms with E-state index < -0.39 is 26.9 Å². The molecule has 172 valence electrons. The summed E-state index contributed by atoms with van der Waals surface area (Å²) in [5.41, 5.74) is 1.90. The van der Waals surface area contributed by atoms with Crippen LogP contribution in [0.3, 0.4) is 0 Å². The van der Waals surface area contributed by atoms with Gasteiger partial charge in [0.1, 0.15) is 10.6 Å². The fourth-order valence-corrected chi connectivity index (χ4v) is 4.39. The number of carbonyl (C=O) groups is 1. The molecule has 0 radical (unpaired) electrons. The van der Waals surface area contributed by atoms with Crippen LogP contribution in [-0.4, -0.2) is 26.4 Å². The summed E-state index contributed by atoms with van der Waals surface area (Å²) >= 11 is 0. The Morgan fingerprint density at radius 3 is 2.39 bits per heavy atom. The van der Waals surface area contributed by atoms with Crippen LogP contribution in [0.25, 0.3) is 0 Å².